The summed E-state index contributed by atoms with van der Waals surface area (Å²) in [7, 11) is -3.18. The molecule has 0 amide bonds. The second kappa shape index (κ2) is 5.86. The maximum Gasteiger partial charge on any atom is 0.179 e. The number of hydrogen-bond acceptors (Lipinski definition) is 4. The van der Waals surface area contributed by atoms with Crippen molar-refractivity contribution in [3.63, 3.8) is 0 Å². The van der Waals surface area contributed by atoms with Crippen molar-refractivity contribution < 1.29 is 8.42 Å². The molecule has 4 nitrogen and oxygen atoms in total. The van der Waals surface area contributed by atoms with Gasteiger partial charge in [-0.15, -0.1) is 0 Å². The molecule has 90 valence electrons. The van der Waals surface area contributed by atoms with Crippen LogP contribution in [0, 0.1) is 0 Å². The van der Waals surface area contributed by atoms with E-state index in [1.807, 2.05) is 6.92 Å². The van der Waals surface area contributed by atoms with Crippen LogP contribution in [0.1, 0.15) is 13.3 Å². The third-order valence-electron chi connectivity index (χ3n) is 2.21. The maximum atomic E-state index is 11.8. The molecule has 5 heteroatoms. The predicted molar refractivity (Wildman–Crippen MR) is 66.1 cm³/mol. The Labute approximate surface area is 96.8 Å². The molecule has 0 heterocycles. The first-order chi connectivity index (χ1) is 7.56. The van der Waals surface area contributed by atoms with Crippen molar-refractivity contribution in [2.24, 2.45) is 0 Å². The van der Waals surface area contributed by atoms with Gasteiger partial charge in [0.25, 0.3) is 0 Å². The van der Waals surface area contributed by atoms with Crippen LogP contribution in [0.25, 0.3) is 0 Å². The minimum absolute atomic E-state index is 0.122. The number of anilines is 1. The monoisotopic (exact) mass is 242 g/mol. The van der Waals surface area contributed by atoms with Crippen LogP contribution in [0.15, 0.2) is 29.2 Å². The number of sulfone groups is 1. The summed E-state index contributed by atoms with van der Waals surface area (Å²) in [6, 6.07) is 6.30. The summed E-state index contributed by atoms with van der Waals surface area (Å²) >= 11 is 0. The van der Waals surface area contributed by atoms with Crippen molar-refractivity contribution in [2.45, 2.75) is 18.2 Å². The van der Waals surface area contributed by atoms with Crippen LogP contribution >= 0.6 is 0 Å². The molecule has 0 radical (unpaired) electrons. The summed E-state index contributed by atoms with van der Waals surface area (Å²) in [5, 5.41) is 3.07. The van der Waals surface area contributed by atoms with Crippen LogP contribution < -0.4 is 11.1 Å². The maximum absolute atomic E-state index is 11.8. The van der Waals surface area contributed by atoms with E-state index in [1.54, 1.807) is 24.3 Å². The van der Waals surface area contributed by atoms with Crippen molar-refractivity contribution in [3.8, 4) is 0 Å². The van der Waals surface area contributed by atoms with Crippen LogP contribution in [0.4, 0.5) is 5.69 Å². The second-order valence-corrected chi connectivity index (χ2v) is 5.75. The fraction of sp³-hybridized carbons (Fsp3) is 0.455. The fourth-order valence-corrected chi connectivity index (χ4v) is 2.50. The highest BCUT2D eigenvalue weighted by atomic mass is 32.2. The molecule has 16 heavy (non-hydrogen) atoms. The smallest absolute Gasteiger partial charge is 0.179 e. The largest absolute Gasteiger partial charge is 0.399 e. The van der Waals surface area contributed by atoms with Crippen LogP contribution in [0.2, 0.25) is 0 Å². The molecule has 0 aromatic heterocycles. The molecule has 1 aromatic rings. The van der Waals surface area contributed by atoms with Crippen LogP contribution in [0.5, 0.6) is 0 Å². The zero-order chi connectivity index (χ0) is 12.0. The molecule has 0 spiro atoms. The van der Waals surface area contributed by atoms with E-state index in [0.29, 0.717) is 17.1 Å². The molecule has 0 saturated heterocycles. The standard InChI is InChI=1S/C11H18N2O2S/c1-2-7-13-8-9-16(14,15)11-5-3-10(12)4-6-11/h3-6,13H,2,7-9,12H2,1H3. The Morgan fingerprint density at radius 2 is 1.81 bits per heavy atom. The first kappa shape index (κ1) is 13.0. The quantitative estimate of drug-likeness (QED) is 0.577. The fourth-order valence-electron chi connectivity index (χ4n) is 1.30. The third-order valence-corrected chi connectivity index (χ3v) is 3.95. The number of rotatable bonds is 6. The van der Waals surface area contributed by atoms with Crippen LogP contribution in [-0.4, -0.2) is 27.3 Å². The first-order valence-electron chi connectivity index (χ1n) is 5.35. The molecule has 0 bridgehead atoms. The Morgan fingerprint density at radius 1 is 1.19 bits per heavy atom. The molecule has 0 aliphatic carbocycles. The number of hydrogen-bond donors (Lipinski definition) is 2. The lowest BCUT2D eigenvalue weighted by Crippen LogP contribution is -2.23. The summed E-state index contributed by atoms with van der Waals surface area (Å²) in [4.78, 5) is 0.333. The Hall–Kier alpha value is -1.07. The van der Waals surface area contributed by atoms with Gasteiger partial charge >= 0.3 is 0 Å². The van der Waals surface area contributed by atoms with E-state index in [9.17, 15) is 8.42 Å². The van der Waals surface area contributed by atoms with Crippen molar-refractivity contribution in [1.29, 1.82) is 0 Å². The molecule has 0 aliphatic rings. The molecule has 0 aliphatic heterocycles. The van der Waals surface area contributed by atoms with E-state index in [0.717, 1.165) is 13.0 Å². The van der Waals surface area contributed by atoms with Crippen LogP contribution in [-0.2, 0) is 9.84 Å². The molecule has 1 rings (SSSR count). The Balaban J connectivity index is 2.60. The van der Waals surface area contributed by atoms with Crippen LogP contribution in [0.3, 0.4) is 0 Å². The Bertz CT molecular complexity index is 412. The first-order valence-corrected chi connectivity index (χ1v) is 7.00. The molecule has 0 atom stereocenters. The Kier molecular flexibility index (Phi) is 4.76. The zero-order valence-corrected chi connectivity index (χ0v) is 10.3. The predicted octanol–water partition coefficient (Wildman–Crippen LogP) is 1.04. The average molecular weight is 242 g/mol. The van der Waals surface area contributed by atoms with E-state index < -0.39 is 9.84 Å². The van der Waals surface area contributed by atoms with Gasteiger partial charge in [-0.25, -0.2) is 8.42 Å². The molecular formula is C11H18N2O2S. The van der Waals surface area contributed by atoms with Gasteiger partial charge in [-0.3, -0.25) is 0 Å². The normalized spacial score (nSPS) is 11.6. The molecule has 1 aromatic carbocycles. The number of nitrogens with one attached hydrogen (secondary N) is 1. The number of nitrogens with two attached hydrogens (primary N) is 1. The highest BCUT2D eigenvalue weighted by molar-refractivity contribution is 7.91. The summed E-state index contributed by atoms with van der Waals surface area (Å²) < 4.78 is 23.7. The highest BCUT2D eigenvalue weighted by Crippen LogP contribution is 2.12. The van der Waals surface area contributed by atoms with Gasteiger partial charge < -0.3 is 11.1 Å². The summed E-state index contributed by atoms with van der Waals surface area (Å²) in [6.45, 7) is 3.37. The molecule has 3 N–H and O–H groups in total. The topological polar surface area (TPSA) is 72.2 Å². The van der Waals surface area contributed by atoms with Crippen molar-refractivity contribution in [2.75, 3.05) is 24.6 Å². The van der Waals surface area contributed by atoms with Gasteiger partial charge in [0.15, 0.2) is 9.84 Å². The average Bonchev–Trinajstić information content (AvgIpc) is 2.25. The molecule has 0 fully saturated rings. The number of nitrogen functional groups attached to an aromatic ring is 1. The molecule has 0 unspecified atom stereocenters. The SMILES string of the molecule is CCCNCCS(=O)(=O)c1ccc(N)cc1. The van der Waals surface area contributed by atoms with Gasteiger partial charge in [0, 0.05) is 12.2 Å². The van der Waals surface area contributed by atoms with Gasteiger partial charge in [0.05, 0.1) is 10.6 Å². The second-order valence-electron chi connectivity index (χ2n) is 3.64. The molecule has 0 saturated carbocycles. The summed E-state index contributed by atoms with van der Waals surface area (Å²) in [5.41, 5.74) is 6.07. The van der Waals surface area contributed by atoms with E-state index in [-0.39, 0.29) is 5.75 Å². The van der Waals surface area contributed by atoms with Crippen molar-refractivity contribution >= 4 is 15.5 Å². The number of benzene rings is 1. The van der Waals surface area contributed by atoms with Crippen molar-refractivity contribution in [3.05, 3.63) is 24.3 Å². The van der Waals surface area contributed by atoms with Gasteiger partial charge in [-0.1, -0.05) is 6.92 Å². The van der Waals surface area contributed by atoms with E-state index in [1.165, 1.54) is 0 Å². The minimum Gasteiger partial charge on any atom is -0.399 e. The lowest BCUT2D eigenvalue weighted by Gasteiger charge is -2.05. The lowest BCUT2D eigenvalue weighted by atomic mass is 10.3. The minimum atomic E-state index is -3.18. The summed E-state index contributed by atoms with van der Waals surface area (Å²) in [5.74, 6) is 0.122. The zero-order valence-electron chi connectivity index (χ0n) is 9.44. The Morgan fingerprint density at radius 3 is 2.38 bits per heavy atom. The van der Waals surface area contributed by atoms with E-state index >= 15 is 0 Å². The lowest BCUT2D eigenvalue weighted by molar-refractivity contribution is 0.590. The highest BCUT2D eigenvalue weighted by Gasteiger charge is 2.12. The van der Waals surface area contributed by atoms with E-state index in [4.69, 9.17) is 5.73 Å². The van der Waals surface area contributed by atoms with Gasteiger partial charge in [0.1, 0.15) is 0 Å². The third kappa shape index (κ3) is 3.83. The van der Waals surface area contributed by atoms with Crippen molar-refractivity contribution in [1.82, 2.24) is 5.32 Å². The van der Waals surface area contributed by atoms with Gasteiger partial charge in [0.2, 0.25) is 0 Å². The van der Waals surface area contributed by atoms with E-state index in [2.05, 4.69) is 5.32 Å². The van der Waals surface area contributed by atoms with Gasteiger partial charge in [-0.2, -0.15) is 0 Å². The molecular weight excluding hydrogens is 224 g/mol. The van der Waals surface area contributed by atoms with Gasteiger partial charge in [-0.05, 0) is 37.2 Å². The summed E-state index contributed by atoms with van der Waals surface area (Å²) in [6.07, 6.45) is 1.00.